The van der Waals surface area contributed by atoms with Gasteiger partial charge in [0.15, 0.2) is 0 Å². The fourth-order valence-corrected chi connectivity index (χ4v) is 3.01. The molecule has 0 aliphatic carbocycles. The van der Waals surface area contributed by atoms with Crippen LogP contribution in [0.5, 0.6) is 0 Å². The van der Waals surface area contributed by atoms with Crippen molar-refractivity contribution in [1.82, 2.24) is 14.5 Å². The standard InChI is InChI=1S/C14H17N3O3S/c1-8-11(4-5-13(18)19)10(3)17(14(20)16-8)6-12-9(2)15-7-21-12/h7H,4-6H2,1-3H3,(H,18,19). The molecule has 0 unspecified atom stereocenters. The van der Waals surface area contributed by atoms with Gasteiger partial charge in [-0.1, -0.05) is 0 Å². The number of carbonyl (C=O) groups is 1. The summed E-state index contributed by atoms with van der Waals surface area (Å²) in [7, 11) is 0. The van der Waals surface area contributed by atoms with Gasteiger partial charge in [0, 0.05) is 22.7 Å². The van der Waals surface area contributed by atoms with Crippen LogP contribution in [0.4, 0.5) is 0 Å². The summed E-state index contributed by atoms with van der Waals surface area (Å²) in [6.45, 7) is 5.91. The van der Waals surface area contributed by atoms with Crippen molar-refractivity contribution in [1.29, 1.82) is 0 Å². The van der Waals surface area contributed by atoms with Crippen molar-refractivity contribution >= 4 is 17.3 Å². The minimum Gasteiger partial charge on any atom is -0.481 e. The molecule has 0 saturated carbocycles. The predicted octanol–water partition coefficient (Wildman–Crippen LogP) is 1.69. The molecule has 112 valence electrons. The number of carboxylic acids is 1. The Bertz CT molecular complexity index is 734. The number of aromatic nitrogens is 3. The van der Waals surface area contributed by atoms with Crippen LogP contribution in [-0.4, -0.2) is 25.6 Å². The highest BCUT2D eigenvalue weighted by molar-refractivity contribution is 7.09. The number of aliphatic carboxylic acids is 1. The third-order valence-electron chi connectivity index (χ3n) is 3.51. The average molecular weight is 307 g/mol. The van der Waals surface area contributed by atoms with Crippen LogP contribution in [-0.2, 0) is 17.8 Å². The van der Waals surface area contributed by atoms with E-state index in [1.54, 1.807) is 17.0 Å². The maximum Gasteiger partial charge on any atom is 0.348 e. The lowest BCUT2D eigenvalue weighted by atomic mass is 10.1. The Morgan fingerprint density at radius 2 is 2.05 bits per heavy atom. The van der Waals surface area contributed by atoms with Gasteiger partial charge in [0.1, 0.15) is 0 Å². The first-order chi connectivity index (χ1) is 9.90. The van der Waals surface area contributed by atoms with E-state index in [0.29, 0.717) is 18.7 Å². The average Bonchev–Trinajstić information content (AvgIpc) is 2.79. The maximum atomic E-state index is 12.1. The number of hydrogen-bond donors (Lipinski definition) is 1. The van der Waals surface area contributed by atoms with Gasteiger partial charge in [0.25, 0.3) is 0 Å². The number of carboxylic acid groups (broad SMARTS) is 1. The Morgan fingerprint density at radius 3 is 2.62 bits per heavy atom. The van der Waals surface area contributed by atoms with E-state index in [4.69, 9.17) is 5.11 Å². The molecule has 6 nitrogen and oxygen atoms in total. The predicted molar refractivity (Wildman–Crippen MR) is 79.9 cm³/mol. The summed E-state index contributed by atoms with van der Waals surface area (Å²) in [5.74, 6) is -0.857. The van der Waals surface area contributed by atoms with Gasteiger partial charge >= 0.3 is 11.7 Å². The largest absolute Gasteiger partial charge is 0.481 e. The van der Waals surface area contributed by atoms with E-state index in [0.717, 1.165) is 21.8 Å². The van der Waals surface area contributed by atoms with Crippen molar-refractivity contribution in [3.8, 4) is 0 Å². The number of aryl methyl sites for hydroxylation is 2. The molecule has 0 aromatic carbocycles. The normalized spacial score (nSPS) is 10.8. The fraction of sp³-hybridized carbons (Fsp3) is 0.429. The summed E-state index contributed by atoms with van der Waals surface area (Å²) in [6.07, 6.45) is 0.406. The summed E-state index contributed by atoms with van der Waals surface area (Å²) < 4.78 is 1.59. The minimum atomic E-state index is -0.857. The van der Waals surface area contributed by atoms with Crippen LogP contribution < -0.4 is 5.69 Å². The summed E-state index contributed by atoms with van der Waals surface area (Å²) in [6, 6.07) is 0. The summed E-state index contributed by atoms with van der Waals surface area (Å²) in [5, 5.41) is 8.83. The smallest absolute Gasteiger partial charge is 0.348 e. The zero-order valence-corrected chi connectivity index (χ0v) is 13.0. The van der Waals surface area contributed by atoms with Crippen molar-refractivity contribution in [3.63, 3.8) is 0 Å². The van der Waals surface area contributed by atoms with E-state index < -0.39 is 5.97 Å². The van der Waals surface area contributed by atoms with Gasteiger partial charge in [0.2, 0.25) is 0 Å². The highest BCUT2D eigenvalue weighted by Crippen LogP contribution is 2.17. The lowest BCUT2D eigenvalue weighted by molar-refractivity contribution is -0.136. The molecule has 2 rings (SSSR count). The van der Waals surface area contributed by atoms with Gasteiger partial charge < -0.3 is 5.11 Å². The number of thiazole rings is 1. The van der Waals surface area contributed by atoms with E-state index >= 15 is 0 Å². The summed E-state index contributed by atoms with van der Waals surface area (Å²) >= 11 is 1.50. The molecule has 2 heterocycles. The highest BCUT2D eigenvalue weighted by atomic mass is 32.1. The van der Waals surface area contributed by atoms with Gasteiger partial charge in [-0.3, -0.25) is 9.36 Å². The number of hydrogen-bond acceptors (Lipinski definition) is 5. The van der Waals surface area contributed by atoms with E-state index in [1.807, 2.05) is 13.8 Å². The molecule has 0 amide bonds. The molecule has 0 aliphatic rings. The van der Waals surface area contributed by atoms with Crippen LogP contribution in [0.1, 0.15) is 33.9 Å². The first-order valence-corrected chi connectivity index (χ1v) is 7.45. The molecule has 7 heteroatoms. The molecular weight excluding hydrogens is 290 g/mol. The van der Waals surface area contributed by atoms with Crippen molar-refractivity contribution in [2.75, 3.05) is 0 Å². The van der Waals surface area contributed by atoms with E-state index in [-0.39, 0.29) is 12.1 Å². The van der Waals surface area contributed by atoms with Crippen LogP contribution in [0.25, 0.3) is 0 Å². The van der Waals surface area contributed by atoms with Gasteiger partial charge in [-0.2, -0.15) is 4.98 Å². The van der Waals surface area contributed by atoms with Crippen molar-refractivity contribution in [3.05, 3.63) is 43.5 Å². The summed E-state index contributed by atoms with van der Waals surface area (Å²) in [4.78, 5) is 32.1. The molecule has 21 heavy (non-hydrogen) atoms. The second kappa shape index (κ2) is 6.17. The first-order valence-electron chi connectivity index (χ1n) is 6.57. The van der Waals surface area contributed by atoms with E-state index in [9.17, 15) is 9.59 Å². The first kappa shape index (κ1) is 15.4. The zero-order chi connectivity index (χ0) is 15.6. The van der Waals surface area contributed by atoms with Crippen LogP contribution in [0, 0.1) is 20.8 Å². The topological polar surface area (TPSA) is 85.1 Å². The Hall–Kier alpha value is -2.02. The molecule has 2 aromatic rings. The van der Waals surface area contributed by atoms with Crippen LogP contribution >= 0.6 is 11.3 Å². The Labute approximate surface area is 126 Å². The molecule has 0 atom stereocenters. The van der Waals surface area contributed by atoms with Crippen LogP contribution in [0.3, 0.4) is 0 Å². The second-order valence-corrected chi connectivity index (χ2v) is 5.82. The molecule has 0 radical (unpaired) electrons. The van der Waals surface area contributed by atoms with Gasteiger partial charge in [-0.15, -0.1) is 11.3 Å². The molecule has 0 aliphatic heterocycles. The van der Waals surface area contributed by atoms with Gasteiger partial charge in [0.05, 0.1) is 17.7 Å². The van der Waals surface area contributed by atoms with Crippen molar-refractivity contribution < 1.29 is 9.90 Å². The maximum absolute atomic E-state index is 12.1. The monoisotopic (exact) mass is 307 g/mol. The number of rotatable bonds is 5. The Kier molecular flexibility index (Phi) is 4.52. The molecule has 0 bridgehead atoms. The molecule has 2 aromatic heterocycles. The SMILES string of the molecule is Cc1ncsc1Cn1c(C)c(CCC(=O)O)c(C)nc1=O. The highest BCUT2D eigenvalue weighted by Gasteiger charge is 2.14. The van der Waals surface area contributed by atoms with E-state index in [2.05, 4.69) is 9.97 Å². The molecule has 0 saturated heterocycles. The quantitative estimate of drug-likeness (QED) is 0.908. The molecule has 1 N–H and O–H groups in total. The van der Waals surface area contributed by atoms with Crippen LogP contribution in [0.15, 0.2) is 10.3 Å². The van der Waals surface area contributed by atoms with Gasteiger partial charge in [-0.25, -0.2) is 9.78 Å². The summed E-state index contributed by atoms with van der Waals surface area (Å²) in [5.41, 5.74) is 4.56. The van der Waals surface area contributed by atoms with Crippen LogP contribution in [0.2, 0.25) is 0 Å². The molecular formula is C14H17N3O3S. The molecule has 0 fully saturated rings. The Morgan fingerprint density at radius 1 is 1.33 bits per heavy atom. The lowest BCUT2D eigenvalue weighted by Crippen LogP contribution is -2.28. The van der Waals surface area contributed by atoms with E-state index in [1.165, 1.54) is 11.3 Å². The molecule has 0 spiro atoms. The van der Waals surface area contributed by atoms with Crippen molar-refractivity contribution in [2.45, 2.75) is 40.2 Å². The minimum absolute atomic E-state index is 0.0289. The lowest BCUT2D eigenvalue weighted by Gasteiger charge is -2.14. The van der Waals surface area contributed by atoms with Crippen molar-refractivity contribution in [2.24, 2.45) is 0 Å². The fourth-order valence-electron chi connectivity index (χ4n) is 2.24. The second-order valence-electron chi connectivity index (χ2n) is 4.88. The third kappa shape index (κ3) is 3.36. The Balaban J connectivity index is 2.41. The zero-order valence-electron chi connectivity index (χ0n) is 12.2. The van der Waals surface area contributed by atoms with Gasteiger partial charge in [-0.05, 0) is 32.8 Å². The number of nitrogens with zero attached hydrogens (tertiary/aromatic N) is 3. The third-order valence-corrected chi connectivity index (χ3v) is 4.43.